The SMILES string of the molecule is C/C=C(\C=C(\C=NC(=NC)c1ccccc1)CCl)CN(C)C(=O)C1(CC)Cc2ccccc2C1. The Morgan fingerprint density at radius 3 is 2.21 bits per heavy atom. The molecule has 0 saturated carbocycles. The summed E-state index contributed by atoms with van der Waals surface area (Å²) in [7, 11) is 3.62. The van der Waals surface area contributed by atoms with E-state index in [0.29, 0.717) is 18.3 Å². The Hall–Kier alpha value is -2.98. The van der Waals surface area contributed by atoms with Crippen LogP contribution in [0.25, 0.3) is 0 Å². The largest absolute Gasteiger partial charge is 0.341 e. The van der Waals surface area contributed by atoms with E-state index < -0.39 is 0 Å². The fourth-order valence-corrected chi connectivity index (χ4v) is 4.70. The average Bonchev–Trinajstić information content (AvgIpc) is 3.28. The van der Waals surface area contributed by atoms with Crippen molar-refractivity contribution in [1.82, 2.24) is 4.90 Å². The van der Waals surface area contributed by atoms with Crippen LogP contribution >= 0.6 is 11.6 Å². The third-order valence-electron chi connectivity index (χ3n) is 6.57. The Bertz CT molecular complexity index is 1090. The van der Waals surface area contributed by atoms with Gasteiger partial charge in [0, 0.05) is 38.3 Å². The first-order chi connectivity index (χ1) is 16.5. The van der Waals surface area contributed by atoms with Crippen LogP contribution in [-0.2, 0) is 17.6 Å². The van der Waals surface area contributed by atoms with Crippen molar-refractivity contribution in [1.29, 1.82) is 0 Å². The number of carbonyl (C=O) groups is 1. The predicted octanol–water partition coefficient (Wildman–Crippen LogP) is 5.90. The number of fused-ring (bicyclic) bond motifs is 1. The minimum absolute atomic E-state index is 0.199. The molecule has 0 atom stereocenters. The molecule has 0 aliphatic heterocycles. The number of alkyl halides is 1. The lowest BCUT2D eigenvalue weighted by Gasteiger charge is -2.32. The second kappa shape index (κ2) is 11.9. The molecule has 0 N–H and O–H groups in total. The van der Waals surface area contributed by atoms with Crippen LogP contribution in [0, 0.1) is 5.41 Å². The lowest BCUT2D eigenvalue weighted by molar-refractivity contribution is -0.140. The number of amidine groups is 1. The van der Waals surface area contributed by atoms with E-state index in [9.17, 15) is 4.79 Å². The van der Waals surface area contributed by atoms with Crippen LogP contribution in [0.5, 0.6) is 0 Å². The number of halogens is 1. The van der Waals surface area contributed by atoms with Gasteiger partial charge in [-0.15, -0.1) is 11.6 Å². The summed E-state index contributed by atoms with van der Waals surface area (Å²) >= 11 is 6.23. The fraction of sp³-hybridized carbons (Fsp3) is 0.345. The number of nitrogens with zero attached hydrogens (tertiary/aromatic N) is 3. The molecular formula is C29H34ClN3O. The molecule has 1 amide bonds. The summed E-state index contributed by atoms with van der Waals surface area (Å²) < 4.78 is 0. The zero-order chi connectivity index (χ0) is 24.6. The van der Waals surface area contributed by atoms with Gasteiger partial charge in [-0.3, -0.25) is 9.79 Å². The maximum Gasteiger partial charge on any atom is 0.229 e. The van der Waals surface area contributed by atoms with Gasteiger partial charge in [0.1, 0.15) is 0 Å². The van der Waals surface area contributed by atoms with Crippen LogP contribution in [0.3, 0.4) is 0 Å². The van der Waals surface area contributed by atoms with Crippen LogP contribution in [0.1, 0.15) is 37.0 Å². The number of amides is 1. The Balaban J connectivity index is 1.72. The normalized spacial score (nSPS) is 16.1. The number of likely N-dealkylation sites (N-methyl/N-ethyl adjacent to an activating group) is 1. The molecule has 34 heavy (non-hydrogen) atoms. The van der Waals surface area contributed by atoms with Gasteiger partial charge >= 0.3 is 0 Å². The van der Waals surface area contributed by atoms with E-state index in [-0.39, 0.29) is 11.3 Å². The highest BCUT2D eigenvalue weighted by Crippen LogP contribution is 2.41. The Morgan fingerprint density at radius 1 is 1.06 bits per heavy atom. The fourth-order valence-electron chi connectivity index (χ4n) is 4.56. The molecule has 5 heteroatoms. The quantitative estimate of drug-likeness (QED) is 0.203. The summed E-state index contributed by atoms with van der Waals surface area (Å²) in [4.78, 5) is 24.3. The summed E-state index contributed by atoms with van der Waals surface area (Å²) in [5.41, 5.74) is 5.07. The summed E-state index contributed by atoms with van der Waals surface area (Å²) in [5.74, 6) is 1.17. The number of benzene rings is 2. The number of allylic oxidation sites excluding steroid dienone is 2. The highest BCUT2D eigenvalue weighted by atomic mass is 35.5. The standard InChI is InChI=1S/C29H34ClN3O/c1-5-22(16-23(19-30)20-32-27(31-3)24-12-8-7-9-13-24)21-33(4)28(34)29(6-2)17-25-14-10-11-15-26(25)18-29/h5,7-16,20H,6,17-19,21H2,1-4H3/b22-5+,23-16+,31-27?,32-20?. The van der Waals surface area contributed by atoms with Crippen molar-refractivity contribution in [2.45, 2.75) is 33.1 Å². The van der Waals surface area contributed by atoms with Gasteiger partial charge < -0.3 is 4.90 Å². The Labute approximate surface area is 208 Å². The minimum Gasteiger partial charge on any atom is -0.341 e. The van der Waals surface area contributed by atoms with Crippen molar-refractivity contribution in [3.8, 4) is 0 Å². The maximum atomic E-state index is 13.6. The molecule has 0 radical (unpaired) electrons. The molecule has 0 aromatic heterocycles. The van der Waals surface area contributed by atoms with Crippen molar-refractivity contribution in [2.24, 2.45) is 15.4 Å². The number of hydrogen-bond acceptors (Lipinski definition) is 2. The second-order valence-corrected chi connectivity index (χ2v) is 9.07. The van der Waals surface area contributed by atoms with Crippen molar-refractivity contribution >= 4 is 29.6 Å². The van der Waals surface area contributed by atoms with Crippen LogP contribution in [0.2, 0.25) is 0 Å². The van der Waals surface area contributed by atoms with Crippen molar-refractivity contribution in [2.75, 3.05) is 26.5 Å². The van der Waals surface area contributed by atoms with Gasteiger partial charge in [0.2, 0.25) is 5.91 Å². The molecular weight excluding hydrogens is 442 g/mol. The van der Waals surface area contributed by atoms with Gasteiger partial charge in [-0.2, -0.15) is 0 Å². The molecule has 0 fully saturated rings. The van der Waals surface area contributed by atoms with Crippen LogP contribution in [-0.4, -0.2) is 49.4 Å². The molecule has 1 aliphatic rings. The monoisotopic (exact) mass is 475 g/mol. The van der Waals surface area contributed by atoms with E-state index in [1.807, 2.05) is 61.4 Å². The zero-order valence-corrected chi connectivity index (χ0v) is 21.3. The minimum atomic E-state index is -0.361. The summed E-state index contributed by atoms with van der Waals surface area (Å²) in [6, 6.07) is 18.3. The van der Waals surface area contributed by atoms with Gasteiger partial charge in [-0.25, -0.2) is 4.99 Å². The first-order valence-corrected chi connectivity index (χ1v) is 12.3. The zero-order valence-electron chi connectivity index (χ0n) is 20.6. The van der Waals surface area contributed by atoms with Crippen LogP contribution < -0.4 is 0 Å². The Morgan fingerprint density at radius 2 is 1.68 bits per heavy atom. The summed E-state index contributed by atoms with van der Waals surface area (Å²) in [6.07, 6.45) is 8.24. The molecule has 0 heterocycles. The van der Waals surface area contributed by atoms with E-state index in [4.69, 9.17) is 11.6 Å². The van der Waals surface area contributed by atoms with E-state index >= 15 is 0 Å². The van der Waals surface area contributed by atoms with Gasteiger partial charge in [0.25, 0.3) is 0 Å². The molecule has 0 unspecified atom stereocenters. The third kappa shape index (κ3) is 5.92. The highest BCUT2D eigenvalue weighted by molar-refractivity contribution is 6.22. The topological polar surface area (TPSA) is 45.0 Å². The highest BCUT2D eigenvalue weighted by Gasteiger charge is 2.43. The first kappa shape index (κ1) is 25.6. The van der Waals surface area contributed by atoms with Crippen molar-refractivity contribution in [3.63, 3.8) is 0 Å². The van der Waals surface area contributed by atoms with Crippen molar-refractivity contribution in [3.05, 3.63) is 94.6 Å². The second-order valence-electron chi connectivity index (χ2n) is 8.81. The molecule has 0 saturated heterocycles. The lowest BCUT2D eigenvalue weighted by Crippen LogP contribution is -2.43. The number of aliphatic imine (C=N–C) groups is 2. The van der Waals surface area contributed by atoms with E-state index in [1.54, 1.807) is 13.3 Å². The van der Waals surface area contributed by atoms with E-state index in [1.165, 1.54) is 11.1 Å². The molecule has 3 rings (SSSR count). The molecule has 2 aromatic rings. The molecule has 2 aromatic carbocycles. The average molecular weight is 476 g/mol. The van der Waals surface area contributed by atoms with E-state index in [2.05, 4.69) is 41.2 Å². The molecule has 0 bridgehead atoms. The third-order valence-corrected chi connectivity index (χ3v) is 6.87. The van der Waals surface area contributed by atoms with Gasteiger partial charge in [0.15, 0.2) is 5.84 Å². The van der Waals surface area contributed by atoms with Gasteiger partial charge in [-0.05, 0) is 48.5 Å². The number of rotatable bonds is 8. The Kier molecular flexibility index (Phi) is 9.00. The maximum absolute atomic E-state index is 13.6. The number of hydrogen-bond donors (Lipinski definition) is 0. The lowest BCUT2D eigenvalue weighted by atomic mass is 9.80. The van der Waals surface area contributed by atoms with Crippen molar-refractivity contribution < 1.29 is 4.79 Å². The molecule has 0 spiro atoms. The summed E-state index contributed by atoms with van der Waals surface area (Å²) in [6.45, 7) is 4.63. The van der Waals surface area contributed by atoms with Crippen LogP contribution in [0.4, 0.5) is 0 Å². The van der Waals surface area contributed by atoms with Gasteiger partial charge in [-0.1, -0.05) is 73.7 Å². The molecule has 178 valence electrons. The molecule has 4 nitrogen and oxygen atoms in total. The van der Waals surface area contributed by atoms with Crippen LogP contribution in [0.15, 0.2) is 87.9 Å². The molecule has 1 aliphatic carbocycles. The van der Waals surface area contributed by atoms with E-state index in [0.717, 1.165) is 36.0 Å². The summed E-state index contributed by atoms with van der Waals surface area (Å²) in [5, 5.41) is 0. The smallest absolute Gasteiger partial charge is 0.229 e. The number of carbonyl (C=O) groups excluding carboxylic acids is 1. The van der Waals surface area contributed by atoms with Gasteiger partial charge in [0.05, 0.1) is 5.41 Å². The first-order valence-electron chi connectivity index (χ1n) is 11.8. The predicted molar refractivity (Wildman–Crippen MR) is 144 cm³/mol.